The summed E-state index contributed by atoms with van der Waals surface area (Å²) in [5.74, 6) is 0. The first-order chi connectivity index (χ1) is 8.47. The Morgan fingerprint density at radius 1 is 1.33 bits per heavy atom. The molecule has 98 valence electrons. The van der Waals surface area contributed by atoms with Crippen molar-refractivity contribution in [3.05, 3.63) is 29.3 Å². The van der Waals surface area contributed by atoms with E-state index in [1.807, 2.05) is 0 Å². The third-order valence-electron chi connectivity index (χ3n) is 3.18. The molecule has 0 radical (unpaired) electrons. The standard InChI is InChI=1S/C14H20N2S2/c1-9-4-5-13(12(6-9)14(15)17)16-7-10(2)18-11(3)8-16/h4-6,10-11H,7-8H2,1-3H3,(H2,15,17). The van der Waals surface area contributed by atoms with Crippen molar-refractivity contribution < 1.29 is 0 Å². The van der Waals surface area contributed by atoms with Gasteiger partial charge in [0.1, 0.15) is 4.99 Å². The summed E-state index contributed by atoms with van der Waals surface area (Å²) in [4.78, 5) is 2.91. The van der Waals surface area contributed by atoms with Crippen molar-refractivity contribution in [2.45, 2.75) is 31.3 Å². The molecule has 1 fully saturated rings. The molecule has 1 saturated heterocycles. The Kier molecular flexibility index (Phi) is 4.17. The zero-order chi connectivity index (χ0) is 13.3. The van der Waals surface area contributed by atoms with E-state index < -0.39 is 0 Å². The Bertz CT molecular complexity index is 449. The number of benzene rings is 1. The van der Waals surface area contributed by atoms with Crippen LogP contribution in [0.4, 0.5) is 5.69 Å². The number of thioether (sulfide) groups is 1. The number of nitrogens with zero attached hydrogens (tertiary/aromatic N) is 1. The zero-order valence-electron chi connectivity index (χ0n) is 11.1. The molecule has 18 heavy (non-hydrogen) atoms. The van der Waals surface area contributed by atoms with Crippen molar-refractivity contribution >= 4 is 34.7 Å². The lowest BCUT2D eigenvalue weighted by Gasteiger charge is -2.37. The first-order valence-corrected chi connectivity index (χ1v) is 7.63. The zero-order valence-corrected chi connectivity index (χ0v) is 12.8. The second-order valence-electron chi connectivity index (χ2n) is 5.05. The van der Waals surface area contributed by atoms with Crippen LogP contribution in [0.3, 0.4) is 0 Å². The van der Waals surface area contributed by atoms with Gasteiger partial charge >= 0.3 is 0 Å². The van der Waals surface area contributed by atoms with E-state index in [4.69, 9.17) is 18.0 Å². The predicted octanol–water partition coefficient (Wildman–Crippen LogP) is 2.96. The lowest BCUT2D eigenvalue weighted by Crippen LogP contribution is -2.41. The number of hydrogen-bond acceptors (Lipinski definition) is 3. The molecule has 1 aromatic rings. The summed E-state index contributed by atoms with van der Waals surface area (Å²) in [6.07, 6.45) is 0. The smallest absolute Gasteiger partial charge is 0.106 e. The summed E-state index contributed by atoms with van der Waals surface area (Å²) in [6, 6.07) is 6.38. The van der Waals surface area contributed by atoms with E-state index in [0.29, 0.717) is 15.5 Å². The fourth-order valence-corrected chi connectivity index (χ4v) is 3.99. The van der Waals surface area contributed by atoms with Gasteiger partial charge in [-0.25, -0.2) is 0 Å². The summed E-state index contributed by atoms with van der Waals surface area (Å²) in [5, 5.41) is 1.29. The van der Waals surface area contributed by atoms with Crippen LogP contribution in [0.1, 0.15) is 25.0 Å². The molecule has 0 amide bonds. The molecular weight excluding hydrogens is 260 g/mol. The van der Waals surface area contributed by atoms with Crippen LogP contribution < -0.4 is 10.6 Å². The van der Waals surface area contributed by atoms with Crippen molar-refractivity contribution in [1.82, 2.24) is 0 Å². The molecule has 0 aromatic heterocycles. The van der Waals surface area contributed by atoms with Gasteiger partial charge in [0.2, 0.25) is 0 Å². The average Bonchev–Trinajstić information content (AvgIpc) is 2.27. The molecule has 2 rings (SSSR count). The van der Waals surface area contributed by atoms with Gasteiger partial charge in [0, 0.05) is 34.8 Å². The van der Waals surface area contributed by atoms with Crippen molar-refractivity contribution in [3.63, 3.8) is 0 Å². The maximum absolute atomic E-state index is 5.86. The molecule has 0 spiro atoms. The minimum atomic E-state index is 0.493. The molecule has 0 saturated carbocycles. The van der Waals surface area contributed by atoms with Gasteiger partial charge in [0.15, 0.2) is 0 Å². The molecule has 0 bridgehead atoms. The highest BCUT2D eigenvalue weighted by molar-refractivity contribution is 8.00. The van der Waals surface area contributed by atoms with E-state index in [9.17, 15) is 0 Å². The first kappa shape index (κ1) is 13.7. The second-order valence-corrected chi connectivity index (χ2v) is 7.37. The third kappa shape index (κ3) is 2.98. The van der Waals surface area contributed by atoms with Crippen LogP contribution in [0, 0.1) is 6.92 Å². The second kappa shape index (κ2) is 5.49. The van der Waals surface area contributed by atoms with Crippen LogP contribution in [0.25, 0.3) is 0 Å². The number of hydrogen-bond donors (Lipinski definition) is 1. The molecule has 1 aliphatic rings. The minimum Gasteiger partial charge on any atom is -0.389 e. The summed E-state index contributed by atoms with van der Waals surface area (Å²) in [7, 11) is 0. The molecule has 2 atom stereocenters. The highest BCUT2D eigenvalue weighted by Crippen LogP contribution is 2.30. The van der Waals surface area contributed by atoms with Crippen LogP contribution in [-0.2, 0) is 0 Å². The summed E-state index contributed by atoms with van der Waals surface area (Å²) in [5.41, 5.74) is 9.26. The van der Waals surface area contributed by atoms with E-state index >= 15 is 0 Å². The van der Waals surface area contributed by atoms with Crippen LogP contribution in [-0.4, -0.2) is 28.6 Å². The Balaban J connectivity index is 2.35. The maximum Gasteiger partial charge on any atom is 0.106 e. The quantitative estimate of drug-likeness (QED) is 0.843. The van der Waals surface area contributed by atoms with Crippen LogP contribution in [0.2, 0.25) is 0 Å². The molecule has 0 aliphatic carbocycles. The van der Waals surface area contributed by atoms with Gasteiger partial charge < -0.3 is 10.6 Å². The average molecular weight is 280 g/mol. The molecule has 2 nitrogen and oxygen atoms in total. The fourth-order valence-electron chi connectivity index (χ4n) is 2.50. The topological polar surface area (TPSA) is 29.3 Å². The SMILES string of the molecule is Cc1ccc(N2CC(C)SC(C)C2)c(C(N)=S)c1. The van der Waals surface area contributed by atoms with Gasteiger partial charge in [0.05, 0.1) is 0 Å². The Labute approximate surface area is 119 Å². The highest BCUT2D eigenvalue weighted by atomic mass is 32.2. The van der Waals surface area contributed by atoms with E-state index in [1.54, 1.807) is 0 Å². The lowest BCUT2D eigenvalue weighted by molar-refractivity contribution is 0.728. The van der Waals surface area contributed by atoms with Gasteiger partial charge in [-0.3, -0.25) is 0 Å². The first-order valence-electron chi connectivity index (χ1n) is 6.28. The van der Waals surface area contributed by atoms with Gasteiger partial charge in [-0.1, -0.05) is 37.7 Å². The molecule has 2 unspecified atom stereocenters. The third-order valence-corrected chi connectivity index (χ3v) is 4.63. The summed E-state index contributed by atoms with van der Waals surface area (Å²) >= 11 is 7.23. The Morgan fingerprint density at radius 2 is 1.94 bits per heavy atom. The van der Waals surface area contributed by atoms with E-state index in [-0.39, 0.29) is 0 Å². The molecule has 1 aliphatic heterocycles. The van der Waals surface area contributed by atoms with Crippen LogP contribution in [0.5, 0.6) is 0 Å². The van der Waals surface area contributed by atoms with Crippen molar-refractivity contribution in [2.75, 3.05) is 18.0 Å². The number of thiocarbonyl (C=S) groups is 1. The number of nitrogens with two attached hydrogens (primary N) is 1. The van der Waals surface area contributed by atoms with Gasteiger partial charge in [-0.2, -0.15) is 11.8 Å². The van der Waals surface area contributed by atoms with Gasteiger partial charge in [-0.05, 0) is 19.1 Å². The highest BCUT2D eigenvalue weighted by Gasteiger charge is 2.24. The normalized spacial score (nSPS) is 24.1. The van der Waals surface area contributed by atoms with E-state index in [2.05, 4.69) is 55.6 Å². The predicted molar refractivity (Wildman–Crippen MR) is 85.8 cm³/mol. The maximum atomic E-state index is 5.86. The Hall–Kier alpha value is -0.740. The molecule has 2 N–H and O–H groups in total. The molecular formula is C14H20N2S2. The van der Waals surface area contributed by atoms with E-state index in [0.717, 1.165) is 18.7 Å². The van der Waals surface area contributed by atoms with Crippen molar-refractivity contribution in [2.24, 2.45) is 5.73 Å². The van der Waals surface area contributed by atoms with Crippen LogP contribution in [0.15, 0.2) is 18.2 Å². The lowest BCUT2D eigenvalue weighted by atomic mass is 10.1. The molecule has 4 heteroatoms. The molecule has 1 heterocycles. The van der Waals surface area contributed by atoms with Crippen LogP contribution >= 0.6 is 24.0 Å². The van der Waals surface area contributed by atoms with E-state index in [1.165, 1.54) is 11.3 Å². The number of aryl methyl sites for hydroxylation is 1. The Morgan fingerprint density at radius 3 is 2.50 bits per heavy atom. The largest absolute Gasteiger partial charge is 0.389 e. The summed E-state index contributed by atoms with van der Waals surface area (Å²) in [6.45, 7) is 8.76. The van der Waals surface area contributed by atoms with Gasteiger partial charge in [-0.15, -0.1) is 0 Å². The van der Waals surface area contributed by atoms with Gasteiger partial charge in [0.25, 0.3) is 0 Å². The number of anilines is 1. The van der Waals surface area contributed by atoms with Crippen molar-refractivity contribution in [3.8, 4) is 0 Å². The number of rotatable bonds is 2. The van der Waals surface area contributed by atoms with Crippen molar-refractivity contribution in [1.29, 1.82) is 0 Å². The molecule has 1 aromatic carbocycles. The summed E-state index contributed by atoms with van der Waals surface area (Å²) < 4.78 is 0. The fraction of sp³-hybridized carbons (Fsp3) is 0.500. The minimum absolute atomic E-state index is 0.493. The monoisotopic (exact) mass is 280 g/mol.